The van der Waals surface area contributed by atoms with Gasteiger partial charge in [0.25, 0.3) is 0 Å². The van der Waals surface area contributed by atoms with Crippen LogP contribution >= 0.6 is 23.2 Å². The first-order valence-electron chi connectivity index (χ1n) is 5.10. The molecule has 0 fully saturated rings. The summed E-state index contributed by atoms with van der Waals surface area (Å²) < 4.78 is 5.02. The molecule has 0 aliphatic rings. The van der Waals surface area contributed by atoms with Crippen LogP contribution in [0, 0.1) is 0 Å². The summed E-state index contributed by atoms with van der Waals surface area (Å²) in [6.07, 6.45) is 4.08. The molecular formula is C11H13Cl2NO2. The highest BCUT2D eigenvalue weighted by Crippen LogP contribution is 2.16. The summed E-state index contributed by atoms with van der Waals surface area (Å²) >= 11 is 11.6. The Balaban J connectivity index is 2.56. The van der Waals surface area contributed by atoms with Gasteiger partial charge in [0.15, 0.2) is 5.56 Å². The van der Waals surface area contributed by atoms with Crippen LogP contribution in [0.2, 0.25) is 5.15 Å². The normalized spacial score (nSPS) is 12.2. The van der Waals surface area contributed by atoms with Crippen LogP contribution < -0.4 is 0 Å². The Kier molecular flexibility index (Phi) is 5.56. The SMILES string of the molecule is CCCCC(Cl)OC(=O)c1cccnc1Cl. The van der Waals surface area contributed by atoms with Crippen molar-refractivity contribution in [3.8, 4) is 0 Å². The summed E-state index contributed by atoms with van der Waals surface area (Å²) in [5.41, 5.74) is -0.366. The van der Waals surface area contributed by atoms with E-state index in [1.807, 2.05) is 6.92 Å². The van der Waals surface area contributed by atoms with E-state index in [4.69, 9.17) is 27.9 Å². The molecule has 0 amide bonds. The zero-order valence-electron chi connectivity index (χ0n) is 8.95. The van der Waals surface area contributed by atoms with Crippen molar-refractivity contribution in [2.75, 3.05) is 0 Å². The number of esters is 1. The van der Waals surface area contributed by atoms with Crippen LogP contribution in [0.3, 0.4) is 0 Å². The van der Waals surface area contributed by atoms with Gasteiger partial charge >= 0.3 is 5.97 Å². The highest BCUT2D eigenvalue weighted by Gasteiger charge is 2.16. The minimum Gasteiger partial charge on any atom is -0.442 e. The number of unbranched alkanes of at least 4 members (excludes halogenated alkanes) is 1. The second kappa shape index (κ2) is 6.71. The number of hydrogen-bond donors (Lipinski definition) is 0. The molecule has 0 radical (unpaired) electrons. The Bertz CT molecular complexity index is 358. The molecule has 0 saturated carbocycles. The largest absolute Gasteiger partial charge is 0.442 e. The number of hydrogen-bond acceptors (Lipinski definition) is 3. The average molecular weight is 262 g/mol. The lowest BCUT2D eigenvalue weighted by Gasteiger charge is -2.10. The second-order valence-corrected chi connectivity index (χ2v) is 4.14. The lowest BCUT2D eigenvalue weighted by molar-refractivity contribution is 0.0433. The van der Waals surface area contributed by atoms with Crippen molar-refractivity contribution in [1.82, 2.24) is 4.98 Å². The van der Waals surface area contributed by atoms with Gasteiger partial charge in [0.1, 0.15) is 5.15 Å². The summed E-state index contributed by atoms with van der Waals surface area (Å²) in [4.78, 5) is 15.4. The van der Waals surface area contributed by atoms with Gasteiger partial charge in [0.2, 0.25) is 0 Å². The fourth-order valence-corrected chi connectivity index (χ4v) is 1.57. The van der Waals surface area contributed by atoms with E-state index in [9.17, 15) is 4.79 Å². The van der Waals surface area contributed by atoms with Crippen molar-refractivity contribution >= 4 is 29.2 Å². The molecule has 0 aliphatic heterocycles. The van der Waals surface area contributed by atoms with Gasteiger partial charge in [-0.05, 0) is 25.0 Å². The summed E-state index contributed by atoms with van der Waals surface area (Å²) in [7, 11) is 0. The Morgan fingerprint density at radius 3 is 3.00 bits per heavy atom. The summed E-state index contributed by atoms with van der Waals surface area (Å²) in [6, 6.07) is 3.18. The molecule has 0 spiro atoms. The highest BCUT2D eigenvalue weighted by molar-refractivity contribution is 6.32. The molecule has 1 atom stereocenters. The van der Waals surface area contributed by atoms with Gasteiger partial charge in [-0.15, -0.1) is 0 Å². The molecule has 0 N–H and O–H groups in total. The van der Waals surface area contributed by atoms with Crippen molar-refractivity contribution in [3.05, 3.63) is 29.0 Å². The quantitative estimate of drug-likeness (QED) is 0.462. The third-order valence-electron chi connectivity index (χ3n) is 2.00. The monoisotopic (exact) mass is 261 g/mol. The topological polar surface area (TPSA) is 39.2 Å². The van der Waals surface area contributed by atoms with Gasteiger partial charge in [-0.1, -0.05) is 36.5 Å². The van der Waals surface area contributed by atoms with Crippen LogP contribution in [-0.4, -0.2) is 16.5 Å². The van der Waals surface area contributed by atoms with E-state index < -0.39 is 11.5 Å². The molecule has 0 aromatic carbocycles. The Hall–Kier alpha value is -0.800. The first-order chi connectivity index (χ1) is 7.65. The fourth-order valence-electron chi connectivity index (χ4n) is 1.14. The van der Waals surface area contributed by atoms with Gasteiger partial charge in [-0.3, -0.25) is 0 Å². The number of aromatic nitrogens is 1. The summed E-state index contributed by atoms with van der Waals surface area (Å²) in [5.74, 6) is -0.533. The second-order valence-electron chi connectivity index (χ2n) is 3.30. The molecule has 0 bridgehead atoms. The summed E-state index contributed by atoms with van der Waals surface area (Å²) in [6.45, 7) is 2.05. The van der Waals surface area contributed by atoms with Gasteiger partial charge in [0, 0.05) is 6.20 Å². The van der Waals surface area contributed by atoms with Crippen molar-refractivity contribution in [2.45, 2.75) is 31.7 Å². The van der Waals surface area contributed by atoms with E-state index in [0.29, 0.717) is 6.42 Å². The van der Waals surface area contributed by atoms with Crippen LogP contribution in [0.15, 0.2) is 18.3 Å². The highest BCUT2D eigenvalue weighted by atomic mass is 35.5. The number of pyridine rings is 1. The minimum absolute atomic E-state index is 0.131. The third kappa shape index (κ3) is 3.99. The van der Waals surface area contributed by atoms with E-state index in [1.165, 1.54) is 6.20 Å². The minimum atomic E-state index is -0.608. The van der Waals surface area contributed by atoms with Crippen LogP contribution in [0.5, 0.6) is 0 Å². The maximum absolute atomic E-state index is 11.6. The molecule has 5 heteroatoms. The van der Waals surface area contributed by atoms with Gasteiger partial charge < -0.3 is 4.74 Å². The van der Waals surface area contributed by atoms with E-state index in [1.54, 1.807) is 12.1 Å². The zero-order chi connectivity index (χ0) is 12.0. The van der Waals surface area contributed by atoms with Gasteiger partial charge in [0.05, 0.1) is 5.56 Å². The number of nitrogens with zero attached hydrogens (tertiary/aromatic N) is 1. The van der Waals surface area contributed by atoms with Crippen molar-refractivity contribution in [3.63, 3.8) is 0 Å². The van der Waals surface area contributed by atoms with Crippen LogP contribution in [-0.2, 0) is 4.74 Å². The van der Waals surface area contributed by atoms with Crippen molar-refractivity contribution in [2.24, 2.45) is 0 Å². The molecule has 1 aromatic heterocycles. The number of carbonyl (C=O) groups excluding carboxylic acids is 1. The molecule has 1 heterocycles. The molecule has 16 heavy (non-hydrogen) atoms. The smallest absolute Gasteiger partial charge is 0.342 e. The Labute approximate surface area is 105 Å². The van der Waals surface area contributed by atoms with Crippen LogP contribution in [0.4, 0.5) is 0 Å². The van der Waals surface area contributed by atoms with Crippen LogP contribution in [0.25, 0.3) is 0 Å². The predicted molar refractivity (Wildman–Crippen MR) is 63.8 cm³/mol. The van der Waals surface area contributed by atoms with E-state index >= 15 is 0 Å². The lowest BCUT2D eigenvalue weighted by Crippen LogP contribution is -2.13. The molecule has 88 valence electrons. The fraction of sp³-hybridized carbons (Fsp3) is 0.455. The standard InChI is InChI=1S/C11H13Cl2NO2/c1-2-3-6-9(12)16-11(15)8-5-4-7-14-10(8)13/h4-5,7,9H,2-3,6H2,1H3. The number of alkyl halides is 1. The van der Waals surface area contributed by atoms with Crippen molar-refractivity contribution in [1.29, 1.82) is 0 Å². The average Bonchev–Trinajstić information content (AvgIpc) is 2.26. The molecule has 0 saturated heterocycles. The maximum atomic E-state index is 11.6. The number of ether oxygens (including phenoxy) is 1. The van der Waals surface area contributed by atoms with E-state index in [-0.39, 0.29) is 10.7 Å². The first kappa shape index (κ1) is 13.3. The number of rotatable bonds is 5. The van der Waals surface area contributed by atoms with Crippen molar-refractivity contribution < 1.29 is 9.53 Å². The van der Waals surface area contributed by atoms with Gasteiger partial charge in [-0.2, -0.15) is 0 Å². The molecule has 0 aliphatic carbocycles. The van der Waals surface area contributed by atoms with Gasteiger partial charge in [-0.25, -0.2) is 9.78 Å². The van der Waals surface area contributed by atoms with E-state index in [0.717, 1.165) is 12.8 Å². The van der Waals surface area contributed by atoms with E-state index in [2.05, 4.69) is 4.98 Å². The maximum Gasteiger partial charge on any atom is 0.342 e. The summed E-state index contributed by atoms with van der Waals surface area (Å²) in [5, 5.41) is 0.131. The molecule has 1 unspecified atom stereocenters. The third-order valence-corrected chi connectivity index (χ3v) is 2.61. The lowest BCUT2D eigenvalue weighted by atomic mass is 10.2. The molecule has 3 nitrogen and oxygen atoms in total. The Morgan fingerprint density at radius 1 is 1.62 bits per heavy atom. The Morgan fingerprint density at radius 2 is 2.38 bits per heavy atom. The zero-order valence-corrected chi connectivity index (χ0v) is 10.5. The molecule has 1 aromatic rings. The number of carbonyl (C=O) groups is 1. The first-order valence-corrected chi connectivity index (χ1v) is 5.92. The molecule has 1 rings (SSSR count). The molecular weight excluding hydrogens is 249 g/mol. The number of halogens is 2. The van der Waals surface area contributed by atoms with Crippen LogP contribution in [0.1, 0.15) is 36.5 Å². The predicted octanol–water partition coefficient (Wildman–Crippen LogP) is 3.65.